The smallest absolute Gasteiger partial charge is 0.241 e. The van der Waals surface area contributed by atoms with Crippen molar-refractivity contribution in [1.29, 1.82) is 0 Å². The van der Waals surface area contributed by atoms with Crippen LogP contribution in [0.3, 0.4) is 0 Å². The molecule has 0 aliphatic carbocycles. The third-order valence-corrected chi connectivity index (χ3v) is 1.06. The van der Waals surface area contributed by atoms with E-state index in [0.29, 0.717) is 0 Å². The molecule has 0 saturated heterocycles. The van der Waals surface area contributed by atoms with Crippen molar-refractivity contribution >= 4 is 0 Å². The summed E-state index contributed by atoms with van der Waals surface area (Å²) in [6.45, 7) is 0. The predicted molar refractivity (Wildman–Crippen MR) is 26.5 cm³/mol. The first-order valence-electron chi connectivity index (χ1n) is 2.85. The van der Waals surface area contributed by atoms with Crippen LogP contribution in [0.5, 0.6) is 0 Å². The van der Waals surface area contributed by atoms with Gasteiger partial charge < -0.3 is 0 Å². The standard InChI is InChI=1S/C5H5F7/c6-2(3(7)8)1-5(11,12)4(9)10/h2-4H,1H2. The fourth-order valence-corrected chi connectivity index (χ4v) is 0.438. The molecule has 0 aliphatic heterocycles. The molecular formula is C5H5F7. The average Bonchev–Trinajstić information content (AvgIpc) is 1.85. The van der Waals surface area contributed by atoms with Gasteiger partial charge in [0.25, 0.3) is 6.43 Å². The molecule has 0 radical (unpaired) electrons. The normalized spacial score (nSPS) is 15.8. The maximum absolute atomic E-state index is 11.8. The third-order valence-electron chi connectivity index (χ3n) is 1.06. The van der Waals surface area contributed by atoms with Crippen molar-refractivity contribution in [3.05, 3.63) is 0 Å². The molecule has 0 aliphatic rings. The van der Waals surface area contributed by atoms with Gasteiger partial charge in [0.05, 0.1) is 6.42 Å². The van der Waals surface area contributed by atoms with Gasteiger partial charge in [0.2, 0.25) is 0 Å². The van der Waals surface area contributed by atoms with E-state index in [1.54, 1.807) is 0 Å². The summed E-state index contributed by atoms with van der Waals surface area (Å²) in [7, 11) is 0. The summed E-state index contributed by atoms with van der Waals surface area (Å²) in [5, 5.41) is 0. The van der Waals surface area contributed by atoms with Crippen LogP contribution in [0.25, 0.3) is 0 Å². The average molecular weight is 198 g/mol. The van der Waals surface area contributed by atoms with Crippen LogP contribution < -0.4 is 0 Å². The molecule has 0 rings (SSSR count). The molecule has 0 saturated carbocycles. The maximum atomic E-state index is 11.8. The lowest BCUT2D eigenvalue weighted by atomic mass is 10.2. The molecule has 0 aromatic rings. The molecule has 1 atom stereocenters. The van der Waals surface area contributed by atoms with Crippen LogP contribution in [-0.2, 0) is 0 Å². The Balaban J connectivity index is 4.05. The van der Waals surface area contributed by atoms with Gasteiger partial charge in [-0.3, -0.25) is 0 Å². The summed E-state index contributed by atoms with van der Waals surface area (Å²) < 4.78 is 80.6. The lowest BCUT2D eigenvalue weighted by Crippen LogP contribution is -2.32. The molecule has 0 N–H and O–H groups in total. The Labute approximate surface area is 63.4 Å². The van der Waals surface area contributed by atoms with Crippen molar-refractivity contribution in [3.8, 4) is 0 Å². The van der Waals surface area contributed by atoms with Gasteiger partial charge in [0, 0.05) is 0 Å². The Kier molecular flexibility index (Phi) is 3.79. The van der Waals surface area contributed by atoms with E-state index in [9.17, 15) is 30.7 Å². The zero-order chi connectivity index (χ0) is 9.94. The van der Waals surface area contributed by atoms with Crippen molar-refractivity contribution < 1.29 is 30.7 Å². The summed E-state index contributed by atoms with van der Waals surface area (Å²) >= 11 is 0. The van der Waals surface area contributed by atoms with Gasteiger partial charge >= 0.3 is 12.3 Å². The Morgan fingerprint density at radius 1 is 0.917 bits per heavy atom. The van der Waals surface area contributed by atoms with Gasteiger partial charge in [-0.05, 0) is 0 Å². The Morgan fingerprint density at radius 2 is 1.33 bits per heavy atom. The van der Waals surface area contributed by atoms with Crippen LogP contribution >= 0.6 is 0 Å². The van der Waals surface area contributed by atoms with Crippen molar-refractivity contribution in [2.45, 2.75) is 31.4 Å². The Hall–Kier alpha value is -0.490. The maximum Gasteiger partial charge on any atom is 0.310 e. The summed E-state index contributed by atoms with van der Waals surface area (Å²) in [6.07, 6.45) is -13.1. The second kappa shape index (κ2) is 3.95. The van der Waals surface area contributed by atoms with E-state index in [0.717, 1.165) is 0 Å². The van der Waals surface area contributed by atoms with Crippen LogP contribution in [0.15, 0.2) is 0 Å². The number of alkyl halides is 7. The number of halogens is 7. The highest BCUT2D eigenvalue weighted by Gasteiger charge is 2.44. The molecular weight excluding hydrogens is 193 g/mol. The number of hydrogen-bond donors (Lipinski definition) is 0. The highest BCUT2D eigenvalue weighted by atomic mass is 19.3. The fraction of sp³-hybridized carbons (Fsp3) is 1.00. The van der Waals surface area contributed by atoms with E-state index in [2.05, 4.69) is 0 Å². The van der Waals surface area contributed by atoms with Crippen molar-refractivity contribution in [3.63, 3.8) is 0 Å². The van der Waals surface area contributed by atoms with Gasteiger partial charge in [-0.15, -0.1) is 0 Å². The molecule has 0 heterocycles. The number of rotatable bonds is 4. The minimum Gasteiger partial charge on any atom is -0.241 e. The first-order valence-corrected chi connectivity index (χ1v) is 2.85. The van der Waals surface area contributed by atoms with Crippen molar-refractivity contribution in [2.24, 2.45) is 0 Å². The summed E-state index contributed by atoms with van der Waals surface area (Å²) in [5.41, 5.74) is 0. The molecule has 0 aromatic carbocycles. The predicted octanol–water partition coefficient (Wildman–Crippen LogP) is 2.88. The van der Waals surface area contributed by atoms with Crippen molar-refractivity contribution in [1.82, 2.24) is 0 Å². The van der Waals surface area contributed by atoms with Gasteiger partial charge in [-0.2, -0.15) is 0 Å². The second-order valence-corrected chi connectivity index (χ2v) is 2.12. The highest BCUT2D eigenvalue weighted by Crippen LogP contribution is 2.30. The Morgan fingerprint density at radius 3 is 1.58 bits per heavy atom. The first kappa shape index (κ1) is 11.5. The minimum atomic E-state index is -4.68. The number of hydrogen-bond acceptors (Lipinski definition) is 0. The van der Waals surface area contributed by atoms with Gasteiger partial charge in [-0.1, -0.05) is 0 Å². The van der Waals surface area contributed by atoms with Crippen LogP contribution in [0, 0.1) is 0 Å². The minimum absolute atomic E-state index is 2.15. The Bertz CT molecular complexity index is 132. The largest absolute Gasteiger partial charge is 0.310 e. The zero-order valence-corrected chi connectivity index (χ0v) is 5.58. The monoisotopic (exact) mass is 198 g/mol. The van der Waals surface area contributed by atoms with Crippen LogP contribution in [0.1, 0.15) is 6.42 Å². The quantitative estimate of drug-likeness (QED) is 0.609. The molecule has 7 heteroatoms. The van der Waals surface area contributed by atoms with E-state index in [1.807, 2.05) is 0 Å². The van der Waals surface area contributed by atoms with Crippen LogP contribution in [-0.4, -0.2) is 24.9 Å². The van der Waals surface area contributed by atoms with Crippen LogP contribution in [0.2, 0.25) is 0 Å². The second-order valence-electron chi connectivity index (χ2n) is 2.12. The van der Waals surface area contributed by atoms with E-state index < -0.39 is 31.4 Å². The first-order chi connectivity index (χ1) is 5.27. The van der Waals surface area contributed by atoms with E-state index in [4.69, 9.17) is 0 Å². The van der Waals surface area contributed by atoms with E-state index in [-0.39, 0.29) is 0 Å². The molecule has 0 nitrogen and oxygen atoms in total. The van der Waals surface area contributed by atoms with E-state index in [1.165, 1.54) is 0 Å². The molecule has 1 unspecified atom stereocenters. The lowest BCUT2D eigenvalue weighted by molar-refractivity contribution is -0.152. The lowest BCUT2D eigenvalue weighted by Gasteiger charge is -2.16. The molecule has 0 fully saturated rings. The van der Waals surface area contributed by atoms with Gasteiger partial charge in [-0.25, -0.2) is 30.7 Å². The summed E-state index contributed by atoms with van der Waals surface area (Å²) in [5.74, 6) is -4.68. The SMILES string of the molecule is FC(F)C(F)CC(F)(F)C(F)F. The third kappa shape index (κ3) is 3.27. The molecule has 0 amide bonds. The molecule has 0 bridgehead atoms. The molecule has 74 valence electrons. The summed E-state index contributed by atoms with van der Waals surface area (Å²) in [6, 6.07) is 0. The summed E-state index contributed by atoms with van der Waals surface area (Å²) in [4.78, 5) is 0. The van der Waals surface area contributed by atoms with Crippen molar-refractivity contribution in [2.75, 3.05) is 0 Å². The fourth-order valence-electron chi connectivity index (χ4n) is 0.438. The van der Waals surface area contributed by atoms with E-state index >= 15 is 0 Å². The molecule has 12 heavy (non-hydrogen) atoms. The molecule has 0 aromatic heterocycles. The van der Waals surface area contributed by atoms with Gasteiger partial charge in [0.15, 0.2) is 6.17 Å². The van der Waals surface area contributed by atoms with Crippen LogP contribution in [0.4, 0.5) is 30.7 Å². The highest BCUT2D eigenvalue weighted by molar-refractivity contribution is 4.75. The molecule has 0 spiro atoms. The topological polar surface area (TPSA) is 0 Å². The van der Waals surface area contributed by atoms with Gasteiger partial charge in [0.1, 0.15) is 0 Å². The zero-order valence-electron chi connectivity index (χ0n) is 5.58.